The second-order valence-electron chi connectivity index (χ2n) is 2.66. The van der Waals surface area contributed by atoms with Gasteiger partial charge in [-0.3, -0.25) is 0 Å². The summed E-state index contributed by atoms with van der Waals surface area (Å²) in [6.07, 6.45) is 4.26. The minimum atomic E-state index is -0.401. The summed E-state index contributed by atoms with van der Waals surface area (Å²) in [5.74, 6) is 0. The van der Waals surface area contributed by atoms with Crippen molar-refractivity contribution >= 4 is 31.8 Å². The fourth-order valence-electron chi connectivity index (χ4n) is 0.898. The Morgan fingerprint density at radius 1 is 1.62 bits per heavy atom. The molecular formula is C8H12AsClN2O. The van der Waals surface area contributed by atoms with Crippen molar-refractivity contribution in [3.63, 3.8) is 0 Å². The molecule has 72 valence electrons. The fraction of sp³-hybridized carbons (Fsp3) is 0.500. The molecule has 1 aromatic rings. The third-order valence-corrected chi connectivity index (χ3v) is 5.07. The Morgan fingerprint density at radius 3 is 2.92 bits per heavy atom. The molecule has 0 bridgehead atoms. The topological polar surface area (TPSA) is 46.0 Å². The normalized spacial score (nSPS) is 13.8. The van der Waals surface area contributed by atoms with Gasteiger partial charge in [0.1, 0.15) is 0 Å². The van der Waals surface area contributed by atoms with Gasteiger partial charge in [-0.1, -0.05) is 0 Å². The first-order chi connectivity index (χ1) is 6.26. The van der Waals surface area contributed by atoms with Crippen molar-refractivity contribution in [1.29, 1.82) is 0 Å². The van der Waals surface area contributed by atoms with E-state index in [4.69, 9.17) is 16.7 Å². The van der Waals surface area contributed by atoms with Gasteiger partial charge in [0.2, 0.25) is 0 Å². The van der Waals surface area contributed by atoms with Crippen molar-refractivity contribution in [2.45, 2.75) is 18.1 Å². The molecule has 0 aliphatic heterocycles. The maximum absolute atomic E-state index is 9.01. The summed E-state index contributed by atoms with van der Waals surface area (Å²) in [6, 6.07) is 0. The first-order valence-electron chi connectivity index (χ1n) is 4.11. The third-order valence-electron chi connectivity index (χ3n) is 1.67. The summed E-state index contributed by atoms with van der Waals surface area (Å²) in [4.78, 5) is 8.12. The van der Waals surface area contributed by atoms with E-state index in [9.17, 15) is 0 Å². The quantitative estimate of drug-likeness (QED) is 0.798. The van der Waals surface area contributed by atoms with Gasteiger partial charge in [-0.15, -0.1) is 0 Å². The molecule has 1 unspecified atom stereocenters. The molecule has 3 nitrogen and oxygen atoms in total. The van der Waals surface area contributed by atoms with E-state index in [2.05, 4.69) is 16.9 Å². The summed E-state index contributed by atoms with van der Waals surface area (Å²) >= 11 is 5.30. The van der Waals surface area contributed by atoms with E-state index in [1.54, 1.807) is 6.20 Å². The molecule has 13 heavy (non-hydrogen) atoms. The van der Waals surface area contributed by atoms with Crippen LogP contribution < -0.4 is 4.48 Å². The van der Waals surface area contributed by atoms with E-state index >= 15 is 0 Å². The monoisotopic (exact) mass is 262 g/mol. The number of hydrogen-bond acceptors (Lipinski definition) is 3. The molecule has 0 fully saturated rings. The molecule has 5 heteroatoms. The van der Waals surface area contributed by atoms with Crippen LogP contribution >= 0.6 is 11.6 Å². The molecule has 0 aromatic carbocycles. The molecule has 2 atom stereocenters. The van der Waals surface area contributed by atoms with Gasteiger partial charge < -0.3 is 0 Å². The van der Waals surface area contributed by atoms with E-state index in [1.165, 1.54) is 6.20 Å². The number of nitrogens with zero attached hydrogens (tertiary/aromatic N) is 2. The predicted octanol–water partition coefficient (Wildman–Crippen LogP) is 0.383. The third kappa shape index (κ3) is 3.63. The van der Waals surface area contributed by atoms with Crippen molar-refractivity contribution in [2.75, 3.05) is 6.61 Å². The summed E-state index contributed by atoms with van der Waals surface area (Å²) in [5, 5.41) is 9.45. The first kappa shape index (κ1) is 11.0. The van der Waals surface area contributed by atoms with Crippen molar-refractivity contribution in [3.05, 3.63) is 17.5 Å². The molecule has 1 rings (SSSR count). The number of rotatable bonds is 4. The van der Waals surface area contributed by atoms with Crippen LogP contribution in [0.15, 0.2) is 12.4 Å². The zero-order valence-corrected chi connectivity index (χ0v) is 10.2. The SMILES string of the molecule is CC[C@H](CO)[AsH]c1cncc(Cl)n1. The molecule has 0 aliphatic rings. The number of halogens is 1. The average molecular weight is 263 g/mol. The van der Waals surface area contributed by atoms with Gasteiger partial charge in [0.25, 0.3) is 0 Å². The zero-order valence-electron chi connectivity index (χ0n) is 7.37. The molecular weight excluding hydrogens is 250 g/mol. The van der Waals surface area contributed by atoms with Gasteiger partial charge in [0.15, 0.2) is 0 Å². The Morgan fingerprint density at radius 2 is 2.38 bits per heavy atom. The van der Waals surface area contributed by atoms with Gasteiger partial charge in [-0.25, -0.2) is 0 Å². The molecule has 0 aliphatic carbocycles. The van der Waals surface area contributed by atoms with Crippen LogP contribution in [0.2, 0.25) is 9.86 Å². The first-order valence-corrected chi connectivity index (χ1v) is 6.75. The van der Waals surface area contributed by atoms with E-state index in [-0.39, 0.29) is 6.61 Å². The van der Waals surface area contributed by atoms with Crippen LogP contribution in [0.1, 0.15) is 13.3 Å². The Balaban J connectivity index is 2.62. The summed E-state index contributed by atoms with van der Waals surface area (Å²) in [7, 11) is 0. The van der Waals surface area contributed by atoms with Gasteiger partial charge in [-0.2, -0.15) is 0 Å². The van der Waals surface area contributed by atoms with Gasteiger partial charge in [0, 0.05) is 0 Å². The standard InChI is InChI=1S/C8H12AsClN2O/c1-2-6(5-13)9-7-3-11-4-8(10)12-7/h3-4,6,9,13H,2,5H2,1H3/t6-/m1/s1. The van der Waals surface area contributed by atoms with E-state index < -0.39 is 15.8 Å². The van der Waals surface area contributed by atoms with Crippen molar-refractivity contribution in [3.8, 4) is 0 Å². The molecule has 1 N–H and O–H groups in total. The summed E-state index contributed by atoms with van der Waals surface area (Å²) < 4.78 is 1.35. The predicted molar refractivity (Wildman–Crippen MR) is 55.0 cm³/mol. The molecule has 1 heterocycles. The van der Waals surface area contributed by atoms with Crippen LogP contribution in [0.5, 0.6) is 0 Å². The molecule has 0 spiro atoms. The van der Waals surface area contributed by atoms with Crippen LogP contribution in [-0.2, 0) is 0 Å². The second-order valence-corrected chi connectivity index (χ2v) is 6.44. The van der Waals surface area contributed by atoms with E-state index in [1.807, 2.05) is 0 Å². The molecule has 0 amide bonds. The van der Waals surface area contributed by atoms with Crippen LogP contribution in [-0.4, -0.2) is 37.4 Å². The minimum absolute atomic E-state index is 0.241. The van der Waals surface area contributed by atoms with Crippen molar-refractivity contribution in [1.82, 2.24) is 9.97 Å². The molecule has 0 saturated heterocycles. The van der Waals surface area contributed by atoms with Crippen LogP contribution in [0.25, 0.3) is 0 Å². The fourth-order valence-corrected chi connectivity index (χ4v) is 3.39. The zero-order chi connectivity index (χ0) is 9.68. The molecule has 1 aromatic heterocycles. The van der Waals surface area contributed by atoms with Crippen molar-refractivity contribution in [2.24, 2.45) is 0 Å². The summed E-state index contributed by atoms with van der Waals surface area (Å²) in [5.41, 5.74) is 0. The summed E-state index contributed by atoms with van der Waals surface area (Å²) in [6.45, 7) is 2.31. The van der Waals surface area contributed by atoms with Crippen molar-refractivity contribution < 1.29 is 5.11 Å². The molecule has 0 radical (unpaired) electrons. The van der Waals surface area contributed by atoms with E-state index in [0.717, 1.165) is 10.9 Å². The number of hydrogen-bond donors (Lipinski definition) is 1. The van der Waals surface area contributed by atoms with Gasteiger partial charge in [0.05, 0.1) is 0 Å². The Kier molecular flexibility index (Phi) is 4.71. The van der Waals surface area contributed by atoms with Crippen LogP contribution in [0, 0.1) is 0 Å². The van der Waals surface area contributed by atoms with E-state index in [0.29, 0.717) is 9.86 Å². The number of aliphatic hydroxyl groups excluding tert-OH is 1. The van der Waals surface area contributed by atoms with Crippen LogP contribution in [0.3, 0.4) is 0 Å². The van der Waals surface area contributed by atoms with Gasteiger partial charge in [-0.05, 0) is 0 Å². The Labute approximate surface area is 89.2 Å². The second kappa shape index (κ2) is 5.58. The van der Waals surface area contributed by atoms with Gasteiger partial charge >= 0.3 is 89.1 Å². The Bertz CT molecular complexity index is 268. The number of aliphatic hydroxyl groups is 1. The average Bonchev–Trinajstić information content (AvgIpc) is 2.14. The Hall–Kier alpha value is -0.112. The number of aromatic nitrogens is 2. The van der Waals surface area contributed by atoms with Crippen LogP contribution in [0.4, 0.5) is 0 Å². The maximum atomic E-state index is 9.01. The molecule has 0 saturated carbocycles.